The summed E-state index contributed by atoms with van der Waals surface area (Å²) in [5, 5.41) is 3.62. The first kappa shape index (κ1) is 16.2. The van der Waals surface area contributed by atoms with Gasteiger partial charge in [-0.1, -0.05) is 12.1 Å². The first-order valence-electron chi connectivity index (χ1n) is 6.93. The molecule has 2 amide bonds. The van der Waals surface area contributed by atoms with Gasteiger partial charge in [-0.2, -0.15) is 0 Å². The Balaban J connectivity index is 1.89. The summed E-state index contributed by atoms with van der Waals surface area (Å²) < 4.78 is 17.9. The van der Waals surface area contributed by atoms with Crippen LogP contribution in [0.3, 0.4) is 0 Å². The van der Waals surface area contributed by atoms with Crippen LogP contribution in [0, 0.1) is 5.82 Å². The van der Waals surface area contributed by atoms with E-state index in [-0.39, 0.29) is 24.9 Å². The number of halogens is 1. The van der Waals surface area contributed by atoms with E-state index in [1.165, 1.54) is 12.1 Å². The van der Waals surface area contributed by atoms with E-state index in [1.807, 2.05) is 0 Å². The molecule has 0 bridgehead atoms. The molecule has 22 heavy (non-hydrogen) atoms. The van der Waals surface area contributed by atoms with Gasteiger partial charge in [-0.3, -0.25) is 9.63 Å². The van der Waals surface area contributed by atoms with Crippen LogP contribution in [0.15, 0.2) is 24.3 Å². The summed E-state index contributed by atoms with van der Waals surface area (Å²) in [5.74, 6) is -0.711. The number of nitrogens with zero attached hydrogens (tertiary/aromatic N) is 1. The van der Waals surface area contributed by atoms with Crippen LogP contribution in [-0.4, -0.2) is 35.3 Å². The molecule has 0 aliphatic carbocycles. The van der Waals surface area contributed by atoms with E-state index in [9.17, 15) is 14.0 Å². The van der Waals surface area contributed by atoms with Crippen molar-refractivity contribution >= 4 is 12.0 Å². The number of amides is 2. The molecular formula is C15H19FN2O4. The Hall–Kier alpha value is -2.15. The Morgan fingerprint density at radius 2 is 2.05 bits per heavy atom. The third-order valence-electron chi connectivity index (χ3n) is 2.87. The second-order valence-corrected chi connectivity index (χ2v) is 6.00. The maximum atomic E-state index is 12.8. The molecule has 0 spiro atoms. The molecule has 1 aliphatic rings. The third kappa shape index (κ3) is 4.42. The Morgan fingerprint density at radius 3 is 2.64 bits per heavy atom. The lowest BCUT2D eigenvalue weighted by molar-refractivity contribution is -0.164. The van der Waals surface area contributed by atoms with Gasteiger partial charge in [0.15, 0.2) is 0 Å². The van der Waals surface area contributed by atoms with E-state index in [4.69, 9.17) is 9.57 Å². The van der Waals surface area contributed by atoms with Crippen molar-refractivity contribution in [2.24, 2.45) is 0 Å². The van der Waals surface area contributed by atoms with E-state index < -0.39 is 17.7 Å². The number of rotatable bonds is 3. The van der Waals surface area contributed by atoms with Gasteiger partial charge in [0.2, 0.25) is 0 Å². The van der Waals surface area contributed by atoms with Crippen LogP contribution >= 0.6 is 0 Å². The van der Waals surface area contributed by atoms with E-state index in [1.54, 1.807) is 32.9 Å². The van der Waals surface area contributed by atoms with Crippen LogP contribution < -0.4 is 5.32 Å². The van der Waals surface area contributed by atoms with Crippen molar-refractivity contribution in [2.75, 3.05) is 6.61 Å². The molecule has 1 aliphatic heterocycles. The number of alkyl carbamates (subject to hydrolysis) is 1. The lowest BCUT2D eigenvalue weighted by Crippen LogP contribution is -2.44. The lowest BCUT2D eigenvalue weighted by Gasteiger charge is -2.20. The lowest BCUT2D eigenvalue weighted by atomic mass is 10.2. The first-order valence-corrected chi connectivity index (χ1v) is 6.93. The van der Waals surface area contributed by atoms with Gasteiger partial charge in [0.05, 0.1) is 6.54 Å². The highest BCUT2D eigenvalue weighted by atomic mass is 19.1. The molecule has 1 fully saturated rings. The number of hydrogen-bond donors (Lipinski definition) is 1. The van der Waals surface area contributed by atoms with Crippen LogP contribution in [-0.2, 0) is 20.9 Å². The molecule has 6 nitrogen and oxygen atoms in total. The molecule has 0 radical (unpaired) electrons. The van der Waals surface area contributed by atoms with Gasteiger partial charge in [0, 0.05) is 0 Å². The number of hydrogen-bond acceptors (Lipinski definition) is 4. The molecule has 1 saturated heterocycles. The van der Waals surface area contributed by atoms with Crippen molar-refractivity contribution in [1.29, 1.82) is 0 Å². The summed E-state index contributed by atoms with van der Waals surface area (Å²) in [6.07, 6.45) is -0.668. The second-order valence-electron chi connectivity index (χ2n) is 6.00. The van der Waals surface area contributed by atoms with Crippen molar-refractivity contribution in [2.45, 2.75) is 39.0 Å². The monoisotopic (exact) mass is 310 g/mol. The molecular weight excluding hydrogens is 291 g/mol. The molecule has 1 N–H and O–H groups in total. The first-order chi connectivity index (χ1) is 10.2. The molecule has 2 rings (SSSR count). The summed E-state index contributed by atoms with van der Waals surface area (Å²) in [4.78, 5) is 29.1. The molecule has 0 aromatic heterocycles. The smallest absolute Gasteiger partial charge is 0.408 e. The maximum absolute atomic E-state index is 12.8. The number of ether oxygens (including phenoxy) is 1. The van der Waals surface area contributed by atoms with Gasteiger partial charge in [-0.25, -0.2) is 14.2 Å². The molecule has 120 valence electrons. The van der Waals surface area contributed by atoms with Crippen LogP contribution in [0.1, 0.15) is 26.3 Å². The van der Waals surface area contributed by atoms with Gasteiger partial charge in [-0.05, 0) is 38.5 Å². The summed E-state index contributed by atoms with van der Waals surface area (Å²) in [5.41, 5.74) is 0.0908. The Morgan fingerprint density at radius 1 is 1.41 bits per heavy atom. The fourth-order valence-corrected chi connectivity index (χ4v) is 1.91. The SMILES string of the molecule is CC(C)(C)OC(=O)NC1CON(Cc2ccc(F)cc2)C1=O. The van der Waals surface area contributed by atoms with Crippen LogP contribution in [0.4, 0.5) is 9.18 Å². The van der Waals surface area contributed by atoms with E-state index in [0.717, 1.165) is 10.6 Å². The maximum Gasteiger partial charge on any atom is 0.408 e. The summed E-state index contributed by atoms with van der Waals surface area (Å²) >= 11 is 0. The fraction of sp³-hybridized carbons (Fsp3) is 0.467. The highest BCUT2D eigenvalue weighted by molar-refractivity contribution is 5.86. The fourth-order valence-electron chi connectivity index (χ4n) is 1.91. The number of benzene rings is 1. The van der Waals surface area contributed by atoms with E-state index >= 15 is 0 Å². The number of carbonyl (C=O) groups is 2. The number of hydroxylamine groups is 2. The Labute approximate surface area is 128 Å². The van der Waals surface area contributed by atoms with Gasteiger partial charge < -0.3 is 10.1 Å². The van der Waals surface area contributed by atoms with Gasteiger partial charge in [0.25, 0.3) is 5.91 Å². The minimum atomic E-state index is -0.782. The third-order valence-corrected chi connectivity index (χ3v) is 2.87. The van der Waals surface area contributed by atoms with E-state index in [0.29, 0.717) is 0 Å². The van der Waals surface area contributed by atoms with Gasteiger partial charge in [0.1, 0.15) is 24.1 Å². The predicted octanol–water partition coefficient (Wildman–Crippen LogP) is 1.99. The Kier molecular flexibility index (Phi) is 4.65. The van der Waals surface area contributed by atoms with Crippen molar-refractivity contribution < 1.29 is 23.6 Å². The zero-order valence-corrected chi connectivity index (χ0v) is 12.8. The molecule has 1 atom stereocenters. The average molecular weight is 310 g/mol. The highest BCUT2D eigenvalue weighted by Gasteiger charge is 2.35. The number of carbonyl (C=O) groups excluding carboxylic acids is 2. The highest BCUT2D eigenvalue weighted by Crippen LogP contribution is 2.14. The molecule has 1 unspecified atom stereocenters. The van der Waals surface area contributed by atoms with Crippen molar-refractivity contribution in [3.63, 3.8) is 0 Å². The van der Waals surface area contributed by atoms with Gasteiger partial charge in [-0.15, -0.1) is 0 Å². The summed E-state index contributed by atoms with van der Waals surface area (Å²) in [7, 11) is 0. The largest absolute Gasteiger partial charge is 0.444 e. The van der Waals surface area contributed by atoms with Crippen molar-refractivity contribution in [1.82, 2.24) is 10.4 Å². The van der Waals surface area contributed by atoms with Crippen LogP contribution in [0.25, 0.3) is 0 Å². The zero-order chi connectivity index (χ0) is 16.3. The topological polar surface area (TPSA) is 67.9 Å². The molecule has 1 aromatic rings. The standard InChI is InChI=1S/C15H19FN2O4/c1-15(2,3)22-14(20)17-12-9-21-18(13(12)19)8-10-4-6-11(16)7-5-10/h4-7,12H,8-9H2,1-3H3,(H,17,20). The Bertz CT molecular complexity index is 554. The van der Waals surface area contributed by atoms with E-state index in [2.05, 4.69) is 5.32 Å². The normalized spacial score (nSPS) is 18.5. The molecule has 1 heterocycles. The van der Waals surface area contributed by atoms with Crippen molar-refractivity contribution in [3.8, 4) is 0 Å². The zero-order valence-electron chi connectivity index (χ0n) is 12.8. The summed E-state index contributed by atoms with van der Waals surface area (Å²) in [6, 6.07) is 4.98. The average Bonchev–Trinajstić information content (AvgIpc) is 2.72. The molecule has 7 heteroatoms. The van der Waals surface area contributed by atoms with Crippen molar-refractivity contribution in [3.05, 3.63) is 35.6 Å². The predicted molar refractivity (Wildman–Crippen MR) is 76.1 cm³/mol. The van der Waals surface area contributed by atoms with Crippen LogP contribution in [0.5, 0.6) is 0 Å². The molecule has 1 aromatic carbocycles. The minimum Gasteiger partial charge on any atom is -0.444 e. The second kappa shape index (κ2) is 6.31. The quantitative estimate of drug-likeness (QED) is 0.927. The molecule has 0 saturated carbocycles. The summed E-state index contributed by atoms with van der Waals surface area (Å²) in [6.45, 7) is 5.44. The minimum absolute atomic E-state index is 0.0409. The van der Waals surface area contributed by atoms with Gasteiger partial charge >= 0.3 is 6.09 Å². The van der Waals surface area contributed by atoms with Crippen LogP contribution in [0.2, 0.25) is 0 Å². The number of nitrogens with one attached hydrogen (secondary N) is 1.